The van der Waals surface area contributed by atoms with Crippen molar-refractivity contribution in [3.63, 3.8) is 0 Å². The first-order valence-corrected chi connectivity index (χ1v) is 13.7. The standard InChI is InChI=1S/C23H26N4O6S2/c1-3-21-25-22(26-33-21)19-11-20(14(2)34-19)35(29,30)27-8-6-16(7-9-27)23(28)24-12-15-4-5-17-18(10-15)32-13-31-17/h4-5,10-11,16H,3,6-9,12-13H2,1-2H3,(H,24,28). The molecule has 0 unspecified atom stereocenters. The molecule has 2 aliphatic heterocycles. The number of piperidine rings is 1. The minimum atomic E-state index is -3.69. The van der Waals surface area contributed by atoms with Gasteiger partial charge in [-0.25, -0.2) is 8.42 Å². The number of thiophene rings is 1. The van der Waals surface area contributed by atoms with E-state index in [4.69, 9.17) is 14.0 Å². The van der Waals surface area contributed by atoms with Gasteiger partial charge in [-0.3, -0.25) is 4.79 Å². The van der Waals surface area contributed by atoms with E-state index in [0.29, 0.717) is 58.8 Å². The molecule has 0 saturated carbocycles. The molecular formula is C23H26N4O6S2. The van der Waals surface area contributed by atoms with Crippen molar-refractivity contribution < 1.29 is 27.2 Å². The Kier molecular flexibility index (Phi) is 6.51. The van der Waals surface area contributed by atoms with Gasteiger partial charge in [-0.15, -0.1) is 11.3 Å². The number of benzene rings is 1. The molecule has 0 spiro atoms. The molecule has 1 amide bonds. The number of carbonyl (C=O) groups excluding carboxylic acids is 1. The molecule has 1 fully saturated rings. The molecule has 10 nitrogen and oxygen atoms in total. The summed E-state index contributed by atoms with van der Waals surface area (Å²) >= 11 is 1.33. The molecule has 0 bridgehead atoms. The van der Waals surface area contributed by atoms with E-state index in [-0.39, 0.29) is 36.6 Å². The summed E-state index contributed by atoms with van der Waals surface area (Å²) in [5, 5.41) is 6.91. The van der Waals surface area contributed by atoms with Crippen LogP contribution in [0.15, 0.2) is 33.7 Å². The van der Waals surface area contributed by atoms with E-state index in [1.54, 1.807) is 13.0 Å². The lowest BCUT2D eigenvalue weighted by Gasteiger charge is -2.30. The van der Waals surface area contributed by atoms with Gasteiger partial charge in [-0.05, 0) is 43.5 Å². The molecule has 1 aromatic carbocycles. The zero-order valence-electron chi connectivity index (χ0n) is 19.4. The fourth-order valence-corrected chi connectivity index (χ4v) is 7.17. The Morgan fingerprint density at radius 1 is 1.20 bits per heavy atom. The second-order valence-electron chi connectivity index (χ2n) is 8.48. The quantitative estimate of drug-likeness (QED) is 0.506. The zero-order chi connectivity index (χ0) is 24.6. The Labute approximate surface area is 207 Å². The Hall–Kier alpha value is -2.96. The van der Waals surface area contributed by atoms with Crippen LogP contribution in [0.3, 0.4) is 0 Å². The van der Waals surface area contributed by atoms with E-state index in [1.165, 1.54) is 15.6 Å². The lowest BCUT2D eigenvalue weighted by Crippen LogP contribution is -2.42. The number of ether oxygens (including phenoxy) is 2. The summed E-state index contributed by atoms with van der Waals surface area (Å²) in [6, 6.07) is 7.18. The number of nitrogens with zero attached hydrogens (tertiary/aromatic N) is 3. The van der Waals surface area contributed by atoms with Crippen molar-refractivity contribution >= 4 is 27.3 Å². The van der Waals surface area contributed by atoms with Gasteiger partial charge >= 0.3 is 0 Å². The summed E-state index contributed by atoms with van der Waals surface area (Å²) in [6.45, 7) is 4.84. The monoisotopic (exact) mass is 518 g/mol. The van der Waals surface area contributed by atoms with Crippen LogP contribution in [-0.4, -0.2) is 48.7 Å². The molecule has 186 valence electrons. The lowest BCUT2D eigenvalue weighted by molar-refractivity contribution is -0.126. The normalized spacial score (nSPS) is 16.5. The van der Waals surface area contributed by atoms with Crippen LogP contribution >= 0.6 is 11.3 Å². The lowest BCUT2D eigenvalue weighted by atomic mass is 9.97. The number of amides is 1. The second-order valence-corrected chi connectivity index (χ2v) is 11.6. The molecule has 2 aliphatic rings. The highest BCUT2D eigenvalue weighted by atomic mass is 32.2. The molecule has 0 atom stereocenters. The SMILES string of the molecule is CCc1nc(-c2cc(S(=O)(=O)N3CCC(C(=O)NCc4ccc5c(c4)OCO5)CC3)c(C)s2)no1. The van der Waals surface area contributed by atoms with Crippen LogP contribution in [0.5, 0.6) is 11.5 Å². The molecule has 0 aliphatic carbocycles. The third-order valence-electron chi connectivity index (χ3n) is 6.21. The molecule has 1 saturated heterocycles. The summed E-state index contributed by atoms with van der Waals surface area (Å²) in [4.78, 5) is 18.6. The van der Waals surface area contributed by atoms with Gasteiger partial charge in [0, 0.05) is 36.9 Å². The summed E-state index contributed by atoms with van der Waals surface area (Å²) in [5.41, 5.74) is 0.916. The maximum atomic E-state index is 13.3. The minimum absolute atomic E-state index is 0.0717. The van der Waals surface area contributed by atoms with Gasteiger partial charge in [0.2, 0.25) is 34.4 Å². The highest BCUT2D eigenvalue weighted by Crippen LogP contribution is 2.35. The molecule has 4 heterocycles. The molecule has 35 heavy (non-hydrogen) atoms. The van der Waals surface area contributed by atoms with Crippen molar-refractivity contribution in [1.29, 1.82) is 0 Å². The minimum Gasteiger partial charge on any atom is -0.454 e. The van der Waals surface area contributed by atoms with E-state index < -0.39 is 10.0 Å². The average Bonchev–Trinajstić information content (AvgIpc) is 3.61. The Morgan fingerprint density at radius 2 is 1.97 bits per heavy atom. The maximum Gasteiger partial charge on any atom is 0.244 e. The van der Waals surface area contributed by atoms with Crippen molar-refractivity contribution in [2.45, 2.75) is 44.6 Å². The first-order chi connectivity index (χ1) is 16.8. The molecule has 1 N–H and O–H groups in total. The largest absolute Gasteiger partial charge is 0.454 e. The number of hydrogen-bond donors (Lipinski definition) is 1. The topological polar surface area (TPSA) is 124 Å². The van der Waals surface area contributed by atoms with Crippen molar-refractivity contribution in [2.75, 3.05) is 19.9 Å². The van der Waals surface area contributed by atoms with Gasteiger partial charge in [0.05, 0.1) is 9.77 Å². The van der Waals surface area contributed by atoms with Gasteiger partial charge in [-0.1, -0.05) is 18.1 Å². The Balaban J connectivity index is 1.19. The van der Waals surface area contributed by atoms with E-state index in [9.17, 15) is 13.2 Å². The van der Waals surface area contributed by atoms with Crippen LogP contribution in [0.2, 0.25) is 0 Å². The molecule has 12 heteroatoms. The van der Waals surface area contributed by atoms with Crippen LogP contribution in [0.25, 0.3) is 10.7 Å². The molecule has 5 rings (SSSR count). The van der Waals surface area contributed by atoms with Crippen LogP contribution in [0, 0.1) is 12.8 Å². The first-order valence-electron chi connectivity index (χ1n) is 11.4. The van der Waals surface area contributed by atoms with Crippen molar-refractivity contribution in [1.82, 2.24) is 19.8 Å². The highest BCUT2D eigenvalue weighted by molar-refractivity contribution is 7.89. The number of carbonyl (C=O) groups is 1. The summed E-state index contributed by atoms with van der Waals surface area (Å²) in [5.74, 6) is 1.97. The van der Waals surface area contributed by atoms with Crippen molar-refractivity contribution in [2.24, 2.45) is 5.92 Å². The number of hydrogen-bond acceptors (Lipinski definition) is 9. The van der Waals surface area contributed by atoms with Crippen LogP contribution in [0.4, 0.5) is 0 Å². The van der Waals surface area contributed by atoms with Crippen molar-refractivity contribution in [3.05, 3.63) is 40.6 Å². The first kappa shape index (κ1) is 23.8. The van der Waals surface area contributed by atoms with Crippen LogP contribution in [0.1, 0.15) is 36.1 Å². The Morgan fingerprint density at radius 3 is 2.71 bits per heavy atom. The smallest absolute Gasteiger partial charge is 0.244 e. The molecule has 3 aromatic rings. The predicted molar refractivity (Wildman–Crippen MR) is 128 cm³/mol. The van der Waals surface area contributed by atoms with Gasteiger partial charge in [0.25, 0.3) is 0 Å². The van der Waals surface area contributed by atoms with E-state index in [1.807, 2.05) is 25.1 Å². The summed E-state index contributed by atoms with van der Waals surface area (Å²) in [7, 11) is -3.69. The van der Waals surface area contributed by atoms with Crippen LogP contribution < -0.4 is 14.8 Å². The third kappa shape index (κ3) is 4.78. The van der Waals surface area contributed by atoms with Gasteiger partial charge in [0.15, 0.2) is 11.5 Å². The third-order valence-corrected chi connectivity index (χ3v) is 9.41. The van der Waals surface area contributed by atoms with E-state index in [2.05, 4.69) is 15.5 Å². The number of rotatable bonds is 7. The van der Waals surface area contributed by atoms with E-state index in [0.717, 1.165) is 5.56 Å². The van der Waals surface area contributed by atoms with Gasteiger partial charge in [0.1, 0.15) is 0 Å². The Bertz CT molecular complexity index is 1340. The fraction of sp³-hybridized carbons (Fsp3) is 0.435. The summed E-state index contributed by atoms with van der Waals surface area (Å²) < 4.78 is 44.0. The molecule has 2 aromatic heterocycles. The van der Waals surface area contributed by atoms with Gasteiger partial charge < -0.3 is 19.3 Å². The average molecular weight is 519 g/mol. The number of aryl methyl sites for hydroxylation is 2. The second kappa shape index (κ2) is 9.59. The van der Waals surface area contributed by atoms with Crippen LogP contribution in [-0.2, 0) is 27.8 Å². The molecule has 0 radical (unpaired) electrons. The number of fused-ring (bicyclic) bond motifs is 1. The summed E-state index contributed by atoms with van der Waals surface area (Å²) in [6.07, 6.45) is 1.54. The maximum absolute atomic E-state index is 13.3. The molecular weight excluding hydrogens is 492 g/mol. The zero-order valence-corrected chi connectivity index (χ0v) is 21.1. The fourth-order valence-electron chi connectivity index (χ4n) is 4.21. The number of nitrogens with one attached hydrogen (secondary N) is 1. The van der Waals surface area contributed by atoms with Crippen molar-refractivity contribution in [3.8, 4) is 22.2 Å². The van der Waals surface area contributed by atoms with Gasteiger partial charge in [-0.2, -0.15) is 9.29 Å². The number of sulfonamides is 1. The highest BCUT2D eigenvalue weighted by Gasteiger charge is 2.34. The van der Waals surface area contributed by atoms with E-state index >= 15 is 0 Å². The number of aromatic nitrogens is 2. The predicted octanol–water partition coefficient (Wildman–Crippen LogP) is 3.11.